The van der Waals surface area contributed by atoms with Crippen LogP contribution in [0, 0.1) is 10.1 Å². The predicted molar refractivity (Wildman–Crippen MR) is 80.0 cm³/mol. The molecular formula is C14H21N3O4. The third-order valence-electron chi connectivity index (χ3n) is 3.27. The summed E-state index contributed by atoms with van der Waals surface area (Å²) in [6.07, 6.45) is 0. The van der Waals surface area contributed by atoms with E-state index in [0.29, 0.717) is 18.0 Å². The SMILES string of the molecule is CCOc1cc(NCCN2CCOCC2)cc([N+](=O)[O-])c1. The van der Waals surface area contributed by atoms with Crippen LogP contribution >= 0.6 is 0 Å². The molecule has 7 heteroatoms. The van der Waals surface area contributed by atoms with E-state index < -0.39 is 4.92 Å². The van der Waals surface area contributed by atoms with Crippen LogP contribution in [0.5, 0.6) is 5.75 Å². The van der Waals surface area contributed by atoms with Crippen molar-refractivity contribution in [2.45, 2.75) is 6.92 Å². The summed E-state index contributed by atoms with van der Waals surface area (Å²) in [5.41, 5.74) is 0.746. The lowest BCUT2D eigenvalue weighted by molar-refractivity contribution is -0.384. The molecule has 1 aliphatic rings. The van der Waals surface area contributed by atoms with Crippen molar-refractivity contribution in [2.24, 2.45) is 0 Å². The Hall–Kier alpha value is -1.86. The standard InChI is InChI=1S/C14H21N3O4/c1-2-21-14-10-12(9-13(11-14)17(18)19)15-3-4-16-5-7-20-8-6-16/h9-11,15H,2-8H2,1H3. The van der Waals surface area contributed by atoms with Crippen molar-refractivity contribution in [3.63, 3.8) is 0 Å². The van der Waals surface area contributed by atoms with E-state index in [2.05, 4.69) is 10.2 Å². The maximum absolute atomic E-state index is 10.9. The second-order valence-electron chi connectivity index (χ2n) is 4.79. The molecule has 0 radical (unpaired) electrons. The van der Waals surface area contributed by atoms with E-state index in [1.54, 1.807) is 6.07 Å². The molecule has 1 saturated heterocycles. The minimum atomic E-state index is -0.407. The first-order chi connectivity index (χ1) is 10.2. The summed E-state index contributed by atoms with van der Waals surface area (Å²) in [7, 11) is 0. The Morgan fingerprint density at radius 1 is 1.38 bits per heavy atom. The molecule has 0 atom stereocenters. The molecule has 21 heavy (non-hydrogen) atoms. The van der Waals surface area contributed by atoms with Gasteiger partial charge in [-0.1, -0.05) is 0 Å². The lowest BCUT2D eigenvalue weighted by Crippen LogP contribution is -2.39. The van der Waals surface area contributed by atoms with Gasteiger partial charge in [-0.2, -0.15) is 0 Å². The maximum atomic E-state index is 10.9. The quantitative estimate of drug-likeness (QED) is 0.610. The van der Waals surface area contributed by atoms with E-state index in [0.717, 1.165) is 39.4 Å². The Balaban J connectivity index is 1.92. The highest BCUT2D eigenvalue weighted by Gasteiger charge is 2.12. The van der Waals surface area contributed by atoms with Crippen LogP contribution in [-0.2, 0) is 4.74 Å². The van der Waals surface area contributed by atoms with Crippen LogP contribution in [0.1, 0.15) is 6.92 Å². The molecule has 1 aromatic rings. The lowest BCUT2D eigenvalue weighted by atomic mass is 10.2. The van der Waals surface area contributed by atoms with Gasteiger partial charge in [-0.05, 0) is 6.92 Å². The van der Waals surface area contributed by atoms with Crippen molar-refractivity contribution in [2.75, 3.05) is 51.3 Å². The van der Waals surface area contributed by atoms with E-state index in [9.17, 15) is 10.1 Å². The highest BCUT2D eigenvalue weighted by Crippen LogP contribution is 2.25. The number of hydrogen-bond acceptors (Lipinski definition) is 6. The topological polar surface area (TPSA) is 76.9 Å². The zero-order valence-electron chi connectivity index (χ0n) is 12.2. The van der Waals surface area contributed by atoms with Crippen molar-refractivity contribution in [3.05, 3.63) is 28.3 Å². The monoisotopic (exact) mass is 295 g/mol. The van der Waals surface area contributed by atoms with Crippen LogP contribution in [0.15, 0.2) is 18.2 Å². The molecule has 7 nitrogen and oxygen atoms in total. The van der Waals surface area contributed by atoms with Gasteiger partial charge >= 0.3 is 0 Å². The largest absolute Gasteiger partial charge is 0.494 e. The number of nitro groups is 1. The summed E-state index contributed by atoms with van der Waals surface area (Å²) in [5.74, 6) is 0.514. The molecule has 0 aliphatic carbocycles. The van der Waals surface area contributed by atoms with Crippen molar-refractivity contribution in [3.8, 4) is 5.75 Å². The van der Waals surface area contributed by atoms with E-state index in [1.165, 1.54) is 12.1 Å². The van der Waals surface area contributed by atoms with E-state index in [4.69, 9.17) is 9.47 Å². The summed E-state index contributed by atoms with van der Waals surface area (Å²) >= 11 is 0. The molecular weight excluding hydrogens is 274 g/mol. The number of rotatable bonds is 7. The second kappa shape index (κ2) is 7.80. The maximum Gasteiger partial charge on any atom is 0.275 e. The van der Waals surface area contributed by atoms with E-state index in [1.807, 2.05) is 6.92 Å². The zero-order chi connectivity index (χ0) is 15.1. The number of morpholine rings is 1. The molecule has 0 unspecified atom stereocenters. The van der Waals surface area contributed by atoms with Crippen LogP contribution < -0.4 is 10.1 Å². The number of hydrogen-bond donors (Lipinski definition) is 1. The van der Waals surface area contributed by atoms with Crippen molar-refractivity contribution in [1.82, 2.24) is 4.90 Å². The average molecular weight is 295 g/mol. The molecule has 1 fully saturated rings. The van der Waals surface area contributed by atoms with E-state index >= 15 is 0 Å². The molecule has 116 valence electrons. The summed E-state index contributed by atoms with van der Waals surface area (Å²) in [6.45, 7) is 7.35. The fourth-order valence-corrected chi connectivity index (χ4v) is 2.22. The fraction of sp³-hybridized carbons (Fsp3) is 0.571. The molecule has 0 bridgehead atoms. The van der Waals surface area contributed by atoms with Gasteiger partial charge in [0, 0.05) is 44.0 Å². The number of nitro benzene ring substituents is 1. The van der Waals surface area contributed by atoms with Crippen molar-refractivity contribution in [1.29, 1.82) is 0 Å². The predicted octanol–water partition coefficient (Wildman–Crippen LogP) is 1.74. The Kier molecular flexibility index (Phi) is 5.77. The molecule has 1 aliphatic heterocycles. The summed E-state index contributed by atoms with van der Waals surface area (Å²) in [4.78, 5) is 12.8. The number of benzene rings is 1. The number of anilines is 1. The fourth-order valence-electron chi connectivity index (χ4n) is 2.22. The van der Waals surface area contributed by atoms with E-state index in [-0.39, 0.29) is 5.69 Å². The van der Waals surface area contributed by atoms with Gasteiger partial charge < -0.3 is 14.8 Å². The molecule has 1 N–H and O–H groups in total. The van der Waals surface area contributed by atoms with Crippen LogP contribution in [0.25, 0.3) is 0 Å². The second-order valence-corrected chi connectivity index (χ2v) is 4.79. The van der Waals surface area contributed by atoms with Crippen molar-refractivity contribution < 1.29 is 14.4 Å². The summed E-state index contributed by atoms with van der Waals surface area (Å²) < 4.78 is 10.7. The first-order valence-corrected chi connectivity index (χ1v) is 7.15. The Morgan fingerprint density at radius 3 is 2.81 bits per heavy atom. The van der Waals surface area contributed by atoms with Gasteiger partial charge in [0.15, 0.2) is 0 Å². The number of non-ortho nitro benzene ring substituents is 1. The van der Waals surface area contributed by atoms with Gasteiger partial charge in [0.05, 0.1) is 30.8 Å². The molecule has 0 amide bonds. The Labute approximate surface area is 124 Å². The molecule has 0 aromatic heterocycles. The van der Waals surface area contributed by atoms with Crippen LogP contribution in [0.3, 0.4) is 0 Å². The molecule has 0 spiro atoms. The highest BCUT2D eigenvalue weighted by atomic mass is 16.6. The first-order valence-electron chi connectivity index (χ1n) is 7.15. The van der Waals surface area contributed by atoms with Gasteiger partial charge in [0.25, 0.3) is 5.69 Å². The summed E-state index contributed by atoms with van der Waals surface area (Å²) in [6, 6.07) is 4.76. The molecule has 1 heterocycles. The van der Waals surface area contributed by atoms with Gasteiger partial charge in [-0.25, -0.2) is 0 Å². The molecule has 2 rings (SSSR count). The van der Waals surface area contributed by atoms with Gasteiger partial charge in [0.1, 0.15) is 5.75 Å². The summed E-state index contributed by atoms with van der Waals surface area (Å²) in [5, 5.41) is 14.1. The molecule has 1 aromatic carbocycles. The number of nitrogens with zero attached hydrogens (tertiary/aromatic N) is 2. The Bertz CT molecular complexity index is 475. The van der Waals surface area contributed by atoms with Crippen LogP contribution in [0.4, 0.5) is 11.4 Å². The average Bonchev–Trinajstić information content (AvgIpc) is 2.48. The van der Waals surface area contributed by atoms with Crippen molar-refractivity contribution >= 4 is 11.4 Å². The van der Waals surface area contributed by atoms with Gasteiger partial charge in [-0.3, -0.25) is 15.0 Å². The normalized spacial score (nSPS) is 15.7. The highest BCUT2D eigenvalue weighted by molar-refractivity contribution is 5.56. The third kappa shape index (κ3) is 4.87. The zero-order valence-corrected chi connectivity index (χ0v) is 12.2. The number of ether oxygens (including phenoxy) is 2. The Morgan fingerprint density at radius 2 is 2.14 bits per heavy atom. The lowest BCUT2D eigenvalue weighted by Gasteiger charge is -2.26. The minimum absolute atomic E-state index is 0.0369. The van der Waals surface area contributed by atoms with Gasteiger partial charge in [0.2, 0.25) is 0 Å². The van der Waals surface area contributed by atoms with Gasteiger partial charge in [-0.15, -0.1) is 0 Å². The number of nitrogens with one attached hydrogen (secondary N) is 1. The minimum Gasteiger partial charge on any atom is -0.494 e. The van der Waals surface area contributed by atoms with Crippen LogP contribution in [0.2, 0.25) is 0 Å². The third-order valence-corrected chi connectivity index (χ3v) is 3.27. The smallest absolute Gasteiger partial charge is 0.275 e. The van der Waals surface area contributed by atoms with Crippen LogP contribution in [-0.4, -0.2) is 55.8 Å². The molecule has 0 saturated carbocycles. The first kappa shape index (κ1) is 15.5.